The number of anilines is 1. The van der Waals surface area contributed by atoms with Gasteiger partial charge >= 0.3 is 0 Å². The summed E-state index contributed by atoms with van der Waals surface area (Å²) >= 11 is 3.21. The molecule has 0 aliphatic heterocycles. The third-order valence-electron chi connectivity index (χ3n) is 2.36. The minimum absolute atomic E-state index is 0.0165. The van der Waals surface area contributed by atoms with Gasteiger partial charge in [0.25, 0.3) is 5.69 Å². The van der Waals surface area contributed by atoms with Crippen molar-refractivity contribution in [1.29, 1.82) is 0 Å². The van der Waals surface area contributed by atoms with Crippen LogP contribution in [0.4, 0.5) is 11.4 Å². The normalized spacial score (nSPS) is 9.94. The van der Waals surface area contributed by atoms with Crippen molar-refractivity contribution in [3.8, 4) is 0 Å². The van der Waals surface area contributed by atoms with Crippen LogP contribution in [-0.2, 0) is 4.79 Å². The monoisotopic (exact) mass is 315 g/mol. The molecule has 6 nitrogen and oxygen atoms in total. The standard InChI is InChI=1S/C11H14BrN3O3/c1-3-13-11(16)6-14-9-4-8(12)5-10(7(9)2)15(17)18/h4-5,14H,3,6H2,1-2H3,(H,13,16). The summed E-state index contributed by atoms with van der Waals surface area (Å²) < 4.78 is 0.596. The number of benzene rings is 1. The van der Waals surface area contributed by atoms with Crippen LogP contribution < -0.4 is 10.6 Å². The molecule has 0 saturated heterocycles. The number of nitrogens with zero attached hydrogens (tertiary/aromatic N) is 1. The van der Waals surface area contributed by atoms with Crippen LogP contribution in [0, 0.1) is 17.0 Å². The van der Waals surface area contributed by atoms with Gasteiger partial charge in [0.1, 0.15) is 0 Å². The molecule has 0 bridgehead atoms. The van der Waals surface area contributed by atoms with E-state index in [1.165, 1.54) is 6.07 Å². The zero-order chi connectivity index (χ0) is 13.7. The molecule has 98 valence electrons. The van der Waals surface area contributed by atoms with Crippen LogP contribution in [0.15, 0.2) is 16.6 Å². The van der Waals surface area contributed by atoms with Gasteiger partial charge in [0.05, 0.1) is 11.5 Å². The first-order chi connectivity index (χ1) is 8.45. The zero-order valence-corrected chi connectivity index (χ0v) is 11.7. The number of hydrogen-bond acceptors (Lipinski definition) is 4. The predicted octanol–water partition coefficient (Wildman–Crippen LogP) is 2.21. The highest BCUT2D eigenvalue weighted by atomic mass is 79.9. The van der Waals surface area contributed by atoms with Gasteiger partial charge in [0, 0.05) is 28.3 Å². The van der Waals surface area contributed by atoms with Crippen LogP contribution in [0.25, 0.3) is 0 Å². The Kier molecular flexibility index (Phi) is 5.08. The Morgan fingerprint density at radius 3 is 2.72 bits per heavy atom. The molecule has 1 aromatic rings. The SMILES string of the molecule is CCNC(=O)CNc1cc(Br)cc([N+](=O)[O-])c1C. The quantitative estimate of drug-likeness (QED) is 0.644. The molecule has 1 rings (SSSR count). The number of amides is 1. The molecule has 0 aromatic heterocycles. The zero-order valence-electron chi connectivity index (χ0n) is 10.1. The Morgan fingerprint density at radius 1 is 1.50 bits per heavy atom. The number of hydrogen-bond donors (Lipinski definition) is 2. The lowest BCUT2D eigenvalue weighted by Crippen LogP contribution is -2.29. The smallest absolute Gasteiger partial charge is 0.275 e. The minimum atomic E-state index is -0.447. The van der Waals surface area contributed by atoms with E-state index in [1.807, 2.05) is 6.92 Å². The number of rotatable bonds is 5. The maximum Gasteiger partial charge on any atom is 0.275 e. The predicted molar refractivity (Wildman–Crippen MR) is 72.7 cm³/mol. The van der Waals surface area contributed by atoms with Crippen LogP contribution in [0.2, 0.25) is 0 Å². The second kappa shape index (κ2) is 6.34. The van der Waals surface area contributed by atoms with Crippen LogP contribution >= 0.6 is 15.9 Å². The number of nitro groups is 1. The fourth-order valence-electron chi connectivity index (χ4n) is 1.47. The van der Waals surface area contributed by atoms with Crippen molar-refractivity contribution in [2.24, 2.45) is 0 Å². The van der Waals surface area contributed by atoms with E-state index in [0.29, 0.717) is 22.3 Å². The highest BCUT2D eigenvalue weighted by Crippen LogP contribution is 2.30. The van der Waals surface area contributed by atoms with Gasteiger partial charge in [0.15, 0.2) is 0 Å². The lowest BCUT2D eigenvalue weighted by atomic mass is 10.1. The number of carbonyl (C=O) groups is 1. The van der Waals surface area contributed by atoms with Gasteiger partial charge in [0.2, 0.25) is 5.91 Å². The lowest BCUT2D eigenvalue weighted by Gasteiger charge is -2.10. The average Bonchev–Trinajstić information content (AvgIpc) is 2.30. The van der Waals surface area contributed by atoms with E-state index in [2.05, 4.69) is 26.6 Å². The number of carbonyl (C=O) groups excluding carboxylic acids is 1. The second-order valence-corrected chi connectivity index (χ2v) is 4.58. The van der Waals surface area contributed by atoms with Crippen molar-refractivity contribution >= 4 is 33.2 Å². The molecule has 0 fully saturated rings. The summed E-state index contributed by atoms with van der Waals surface area (Å²) in [6, 6.07) is 3.15. The summed E-state index contributed by atoms with van der Waals surface area (Å²) in [6.07, 6.45) is 0. The third-order valence-corrected chi connectivity index (χ3v) is 2.81. The number of nitrogens with one attached hydrogen (secondary N) is 2. The van der Waals surface area contributed by atoms with Gasteiger partial charge in [-0.2, -0.15) is 0 Å². The number of halogens is 1. The Balaban J connectivity index is 2.89. The lowest BCUT2D eigenvalue weighted by molar-refractivity contribution is -0.385. The fourth-order valence-corrected chi connectivity index (χ4v) is 1.92. The second-order valence-electron chi connectivity index (χ2n) is 3.66. The summed E-state index contributed by atoms with van der Waals surface area (Å²) in [4.78, 5) is 21.7. The molecule has 0 unspecified atom stereocenters. The molecular formula is C11H14BrN3O3. The van der Waals surface area contributed by atoms with Crippen LogP contribution in [0.5, 0.6) is 0 Å². The summed E-state index contributed by atoms with van der Waals surface area (Å²) in [6.45, 7) is 4.11. The Morgan fingerprint density at radius 2 is 2.17 bits per heavy atom. The van der Waals surface area contributed by atoms with Gasteiger partial charge < -0.3 is 10.6 Å². The number of nitro benzene ring substituents is 1. The van der Waals surface area contributed by atoms with E-state index in [-0.39, 0.29) is 18.1 Å². The molecule has 1 aromatic carbocycles. The highest BCUT2D eigenvalue weighted by molar-refractivity contribution is 9.10. The van der Waals surface area contributed by atoms with E-state index >= 15 is 0 Å². The first kappa shape index (κ1) is 14.4. The summed E-state index contributed by atoms with van der Waals surface area (Å²) in [5, 5.41) is 16.4. The van der Waals surface area contributed by atoms with Crippen molar-refractivity contribution in [3.05, 3.63) is 32.3 Å². The molecule has 0 saturated carbocycles. The van der Waals surface area contributed by atoms with E-state index in [9.17, 15) is 14.9 Å². The Bertz CT molecular complexity index is 477. The van der Waals surface area contributed by atoms with Crippen molar-refractivity contribution in [2.45, 2.75) is 13.8 Å². The largest absolute Gasteiger partial charge is 0.376 e. The van der Waals surface area contributed by atoms with Crippen LogP contribution in [0.1, 0.15) is 12.5 Å². The van der Waals surface area contributed by atoms with Crippen molar-refractivity contribution < 1.29 is 9.72 Å². The Hall–Kier alpha value is -1.63. The molecule has 0 heterocycles. The summed E-state index contributed by atoms with van der Waals surface area (Å²) in [5.41, 5.74) is 1.10. The van der Waals surface area contributed by atoms with Crippen LogP contribution in [-0.4, -0.2) is 23.9 Å². The summed E-state index contributed by atoms with van der Waals surface area (Å²) in [7, 11) is 0. The third kappa shape index (κ3) is 3.69. The molecular weight excluding hydrogens is 302 g/mol. The molecule has 0 aliphatic carbocycles. The first-order valence-electron chi connectivity index (χ1n) is 5.40. The first-order valence-corrected chi connectivity index (χ1v) is 6.20. The van der Waals surface area contributed by atoms with Gasteiger partial charge in [-0.25, -0.2) is 0 Å². The molecule has 2 N–H and O–H groups in total. The molecule has 0 aliphatic rings. The molecule has 0 radical (unpaired) electrons. The van der Waals surface area contributed by atoms with Crippen LogP contribution in [0.3, 0.4) is 0 Å². The molecule has 7 heteroatoms. The maximum absolute atomic E-state index is 11.3. The van der Waals surface area contributed by atoms with E-state index < -0.39 is 4.92 Å². The maximum atomic E-state index is 11.3. The number of likely N-dealkylation sites (N-methyl/N-ethyl adjacent to an activating group) is 1. The average molecular weight is 316 g/mol. The van der Waals surface area contributed by atoms with Gasteiger partial charge in [-0.15, -0.1) is 0 Å². The fraction of sp³-hybridized carbons (Fsp3) is 0.364. The van der Waals surface area contributed by atoms with Crippen molar-refractivity contribution in [3.63, 3.8) is 0 Å². The van der Waals surface area contributed by atoms with Crippen molar-refractivity contribution in [2.75, 3.05) is 18.4 Å². The highest BCUT2D eigenvalue weighted by Gasteiger charge is 2.15. The van der Waals surface area contributed by atoms with Crippen molar-refractivity contribution in [1.82, 2.24) is 5.32 Å². The topological polar surface area (TPSA) is 84.3 Å². The van der Waals surface area contributed by atoms with E-state index in [0.717, 1.165) is 0 Å². The molecule has 1 amide bonds. The summed E-state index contributed by atoms with van der Waals surface area (Å²) in [5.74, 6) is -0.153. The molecule has 0 spiro atoms. The van der Waals surface area contributed by atoms with E-state index in [1.54, 1.807) is 13.0 Å². The van der Waals surface area contributed by atoms with Gasteiger partial charge in [-0.1, -0.05) is 15.9 Å². The van der Waals surface area contributed by atoms with Gasteiger partial charge in [-0.05, 0) is 19.9 Å². The Labute approximate surface area is 113 Å². The minimum Gasteiger partial charge on any atom is -0.376 e. The molecule has 0 atom stereocenters. The molecule has 18 heavy (non-hydrogen) atoms. The van der Waals surface area contributed by atoms with E-state index in [4.69, 9.17) is 0 Å². The van der Waals surface area contributed by atoms with Gasteiger partial charge in [-0.3, -0.25) is 14.9 Å².